The highest BCUT2D eigenvalue weighted by atomic mass is 16.2. The van der Waals surface area contributed by atoms with Gasteiger partial charge >= 0.3 is 6.03 Å². The molecule has 17 heavy (non-hydrogen) atoms. The molecule has 0 radical (unpaired) electrons. The normalized spacial score (nSPS) is 9.59. The Morgan fingerprint density at radius 2 is 1.94 bits per heavy atom. The van der Waals surface area contributed by atoms with Crippen molar-refractivity contribution in [2.45, 2.75) is 27.3 Å². The summed E-state index contributed by atoms with van der Waals surface area (Å²) >= 11 is 0. The molecular formula is C14H20N2O. The fourth-order valence-electron chi connectivity index (χ4n) is 1.43. The van der Waals surface area contributed by atoms with E-state index in [1.807, 2.05) is 51.1 Å². The summed E-state index contributed by atoms with van der Waals surface area (Å²) in [6.07, 6.45) is 1.73. The van der Waals surface area contributed by atoms with E-state index in [1.165, 1.54) is 0 Å². The van der Waals surface area contributed by atoms with Gasteiger partial charge in [0.2, 0.25) is 0 Å². The third-order valence-corrected chi connectivity index (χ3v) is 2.37. The molecular weight excluding hydrogens is 212 g/mol. The van der Waals surface area contributed by atoms with Gasteiger partial charge < -0.3 is 10.2 Å². The Balaban J connectivity index is 2.60. The van der Waals surface area contributed by atoms with Gasteiger partial charge in [-0.15, -0.1) is 0 Å². The number of hydrogen-bond acceptors (Lipinski definition) is 1. The van der Waals surface area contributed by atoms with Gasteiger partial charge in [-0.3, -0.25) is 0 Å². The molecule has 0 fully saturated rings. The Kier molecular flexibility index (Phi) is 5.27. The van der Waals surface area contributed by atoms with Crippen LogP contribution < -0.4 is 5.32 Å². The smallest absolute Gasteiger partial charge is 0.321 e. The third-order valence-electron chi connectivity index (χ3n) is 2.37. The zero-order chi connectivity index (χ0) is 12.7. The highest BCUT2D eigenvalue weighted by Gasteiger charge is 2.09. The fourth-order valence-corrected chi connectivity index (χ4v) is 1.43. The average molecular weight is 232 g/mol. The van der Waals surface area contributed by atoms with Crippen LogP contribution in [0.1, 0.15) is 26.3 Å². The van der Waals surface area contributed by atoms with Gasteiger partial charge in [0.15, 0.2) is 0 Å². The molecule has 1 rings (SSSR count). The Morgan fingerprint density at radius 3 is 2.47 bits per heavy atom. The number of carbonyl (C=O) groups excluding carboxylic acids is 1. The van der Waals surface area contributed by atoms with Crippen molar-refractivity contribution in [3.05, 3.63) is 47.7 Å². The van der Waals surface area contributed by atoms with Crippen molar-refractivity contribution < 1.29 is 4.79 Å². The molecule has 3 nitrogen and oxygen atoms in total. The van der Waals surface area contributed by atoms with E-state index >= 15 is 0 Å². The molecule has 0 heterocycles. The molecule has 0 saturated carbocycles. The molecule has 2 amide bonds. The van der Waals surface area contributed by atoms with Crippen molar-refractivity contribution in [2.24, 2.45) is 0 Å². The summed E-state index contributed by atoms with van der Waals surface area (Å²) in [7, 11) is 0. The molecule has 1 N–H and O–H groups in total. The SMILES string of the molecule is CCN(Cc1ccccc1)C(=O)NC=C(C)C. The number of amides is 2. The number of allylic oxidation sites excluding steroid dienone is 1. The number of hydrogen-bond donors (Lipinski definition) is 1. The number of benzene rings is 1. The van der Waals surface area contributed by atoms with Crippen molar-refractivity contribution in [1.82, 2.24) is 10.2 Å². The zero-order valence-electron chi connectivity index (χ0n) is 10.7. The summed E-state index contributed by atoms with van der Waals surface area (Å²) in [6.45, 7) is 7.21. The van der Waals surface area contributed by atoms with E-state index in [-0.39, 0.29) is 6.03 Å². The van der Waals surface area contributed by atoms with Crippen LogP contribution in [0.3, 0.4) is 0 Å². The molecule has 0 atom stereocenters. The first-order valence-corrected chi connectivity index (χ1v) is 5.86. The van der Waals surface area contributed by atoms with Crippen molar-refractivity contribution >= 4 is 6.03 Å². The lowest BCUT2D eigenvalue weighted by Gasteiger charge is -2.20. The summed E-state index contributed by atoms with van der Waals surface area (Å²) in [5.74, 6) is 0. The summed E-state index contributed by atoms with van der Waals surface area (Å²) in [5.41, 5.74) is 2.22. The maximum Gasteiger partial charge on any atom is 0.321 e. The Hall–Kier alpha value is -1.77. The Labute approximate surface area is 103 Å². The Morgan fingerprint density at radius 1 is 1.29 bits per heavy atom. The standard InChI is InChI=1S/C14H20N2O/c1-4-16(14(17)15-10-12(2)3)11-13-8-6-5-7-9-13/h5-10H,4,11H2,1-3H3,(H,15,17). The van der Waals surface area contributed by atoms with E-state index in [2.05, 4.69) is 5.32 Å². The molecule has 3 heteroatoms. The van der Waals surface area contributed by atoms with Crippen molar-refractivity contribution in [3.63, 3.8) is 0 Å². The van der Waals surface area contributed by atoms with E-state index in [0.717, 1.165) is 11.1 Å². The molecule has 0 bridgehead atoms. The topological polar surface area (TPSA) is 32.3 Å². The monoisotopic (exact) mass is 232 g/mol. The van der Waals surface area contributed by atoms with Gasteiger partial charge in [0.1, 0.15) is 0 Å². The molecule has 1 aromatic carbocycles. The first-order valence-electron chi connectivity index (χ1n) is 5.86. The minimum absolute atomic E-state index is 0.0578. The van der Waals surface area contributed by atoms with Crippen LogP contribution in [-0.4, -0.2) is 17.5 Å². The van der Waals surface area contributed by atoms with Crippen molar-refractivity contribution in [2.75, 3.05) is 6.54 Å². The van der Waals surface area contributed by atoms with Crippen LogP contribution in [-0.2, 0) is 6.54 Å². The first-order chi connectivity index (χ1) is 8.13. The van der Waals surface area contributed by atoms with Crippen LogP contribution in [0.4, 0.5) is 4.79 Å². The van der Waals surface area contributed by atoms with Gasteiger partial charge in [-0.1, -0.05) is 35.9 Å². The van der Waals surface area contributed by atoms with E-state index in [4.69, 9.17) is 0 Å². The fraction of sp³-hybridized carbons (Fsp3) is 0.357. The number of nitrogens with zero attached hydrogens (tertiary/aromatic N) is 1. The quantitative estimate of drug-likeness (QED) is 0.849. The molecule has 0 aliphatic heterocycles. The lowest BCUT2D eigenvalue weighted by Crippen LogP contribution is -2.37. The van der Waals surface area contributed by atoms with E-state index < -0.39 is 0 Å². The third kappa shape index (κ3) is 4.72. The van der Waals surface area contributed by atoms with E-state index in [1.54, 1.807) is 11.1 Å². The van der Waals surface area contributed by atoms with E-state index in [0.29, 0.717) is 13.1 Å². The van der Waals surface area contributed by atoms with Crippen LogP contribution in [0.5, 0.6) is 0 Å². The molecule has 0 aliphatic rings. The predicted molar refractivity (Wildman–Crippen MR) is 70.5 cm³/mol. The summed E-state index contributed by atoms with van der Waals surface area (Å²) in [4.78, 5) is 13.6. The van der Waals surface area contributed by atoms with Crippen molar-refractivity contribution in [3.8, 4) is 0 Å². The summed E-state index contributed by atoms with van der Waals surface area (Å²) in [5, 5.41) is 2.78. The second-order valence-corrected chi connectivity index (χ2v) is 4.17. The van der Waals surface area contributed by atoms with Crippen LogP contribution in [0, 0.1) is 0 Å². The van der Waals surface area contributed by atoms with E-state index in [9.17, 15) is 4.79 Å². The number of urea groups is 1. The van der Waals surface area contributed by atoms with Crippen molar-refractivity contribution in [1.29, 1.82) is 0 Å². The predicted octanol–water partition coefficient (Wildman–Crippen LogP) is 3.14. The first kappa shape index (κ1) is 13.3. The minimum atomic E-state index is -0.0578. The zero-order valence-corrected chi connectivity index (χ0v) is 10.7. The lowest BCUT2D eigenvalue weighted by atomic mass is 10.2. The van der Waals surface area contributed by atoms with Gasteiger partial charge in [0, 0.05) is 19.3 Å². The maximum absolute atomic E-state index is 11.9. The lowest BCUT2D eigenvalue weighted by molar-refractivity contribution is 0.202. The largest absolute Gasteiger partial charge is 0.321 e. The molecule has 1 aromatic rings. The molecule has 0 aliphatic carbocycles. The Bertz CT molecular complexity index is 380. The average Bonchev–Trinajstić information content (AvgIpc) is 2.34. The van der Waals surface area contributed by atoms with Gasteiger partial charge in [0.25, 0.3) is 0 Å². The van der Waals surface area contributed by atoms with Gasteiger partial charge in [-0.05, 0) is 26.3 Å². The van der Waals surface area contributed by atoms with Crippen LogP contribution in [0.2, 0.25) is 0 Å². The molecule has 0 saturated heterocycles. The molecule has 0 aromatic heterocycles. The van der Waals surface area contributed by atoms with Crippen LogP contribution >= 0.6 is 0 Å². The van der Waals surface area contributed by atoms with Gasteiger partial charge in [-0.25, -0.2) is 4.79 Å². The number of carbonyl (C=O) groups is 1. The number of nitrogens with one attached hydrogen (secondary N) is 1. The molecule has 0 unspecified atom stereocenters. The summed E-state index contributed by atoms with van der Waals surface area (Å²) in [6, 6.07) is 9.93. The summed E-state index contributed by atoms with van der Waals surface area (Å²) < 4.78 is 0. The van der Waals surface area contributed by atoms with Crippen LogP contribution in [0.15, 0.2) is 42.1 Å². The van der Waals surface area contributed by atoms with Gasteiger partial charge in [-0.2, -0.15) is 0 Å². The number of rotatable bonds is 4. The van der Waals surface area contributed by atoms with Gasteiger partial charge in [0.05, 0.1) is 0 Å². The van der Waals surface area contributed by atoms with Crippen LogP contribution in [0.25, 0.3) is 0 Å². The highest BCUT2D eigenvalue weighted by molar-refractivity contribution is 5.75. The maximum atomic E-state index is 11.9. The highest BCUT2D eigenvalue weighted by Crippen LogP contribution is 2.04. The molecule has 92 valence electrons. The second kappa shape index (κ2) is 6.74. The molecule has 0 spiro atoms. The minimum Gasteiger partial charge on any atom is -0.321 e. The second-order valence-electron chi connectivity index (χ2n) is 4.17.